The second-order valence-corrected chi connectivity index (χ2v) is 6.94. The SMILES string of the molecule is O=C(Nc1nc(Cl)nc2nc[nH]c12)C1CC2(CCCCC2)C1. The Bertz CT molecular complexity index is 714. The highest BCUT2D eigenvalue weighted by Crippen LogP contribution is 2.54. The first-order chi connectivity index (χ1) is 10.7. The Morgan fingerprint density at radius 2 is 2.05 bits per heavy atom. The number of aromatic nitrogens is 4. The molecule has 0 unspecified atom stereocenters. The van der Waals surface area contributed by atoms with Crippen LogP contribution in [-0.2, 0) is 4.79 Å². The maximum absolute atomic E-state index is 12.4. The normalized spacial score (nSPS) is 21.0. The molecule has 7 heteroatoms. The van der Waals surface area contributed by atoms with Crippen molar-refractivity contribution in [3.8, 4) is 0 Å². The Labute approximate surface area is 133 Å². The lowest BCUT2D eigenvalue weighted by Gasteiger charge is -2.49. The largest absolute Gasteiger partial charge is 0.340 e. The van der Waals surface area contributed by atoms with Gasteiger partial charge in [0.2, 0.25) is 11.2 Å². The third-order valence-corrected chi connectivity index (χ3v) is 5.31. The molecule has 0 aromatic carbocycles. The van der Waals surface area contributed by atoms with Gasteiger partial charge >= 0.3 is 0 Å². The van der Waals surface area contributed by atoms with Crippen molar-refractivity contribution in [2.75, 3.05) is 5.32 Å². The van der Waals surface area contributed by atoms with Crippen molar-refractivity contribution in [2.45, 2.75) is 44.9 Å². The molecule has 2 aromatic heterocycles. The molecule has 0 bridgehead atoms. The fourth-order valence-electron chi connectivity index (χ4n) is 4.00. The number of anilines is 1. The first kappa shape index (κ1) is 13.9. The second-order valence-electron chi connectivity index (χ2n) is 6.60. The summed E-state index contributed by atoms with van der Waals surface area (Å²) in [7, 11) is 0. The molecular formula is C15H18ClN5O. The highest BCUT2D eigenvalue weighted by atomic mass is 35.5. The number of rotatable bonds is 2. The van der Waals surface area contributed by atoms with Crippen LogP contribution in [0.4, 0.5) is 5.82 Å². The lowest BCUT2D eigenvalue weighted by Crippen LogP contribution is -2.44. The van der Waals surface area contributed by atoms with Crippen LogP contribution in [0.5, 0.6) is 0 Å². The van der Waals surface area contributed by atoms with Crippen LogP contribution in [0.25, 0.3) is 11.2 Å². The third-order valence-electron chi connectivity index (χ3n) is 5.14. The molecular weight excluding hydrogens is 302 g/mol. The van der Waals surface area contributed by atoms with Crippen LogP contribution in [-0.4, -0.2) is 25.8 Å². The number of amides is 1. The summed E-state index contributed by atoms with van der Waals surface area (Å²) in [4.78, 5) is 27.6. The number of nitrogens with zero attached hydrogens (tertiary/aromatic N) is 3. The minimum atomic E-state index is 0.0295. The van der Waals surface area contributed by atoms with Crippen molar-refractivity contribution in [3.63, 3.8) is 0 Å². The van der Waals surface area contributed by atoms with Gasteiger partial charge in [-0.2, -0.15) is 9.97 Å². The number of imidazole rings is 1. The molecule has 2 aliphatic rings. The van der Waals surface area contributed by atoms with Gasteiger partial charge in [-0.15, -0.1) is 0 Å². The molecule has 6 nitrogen and oxygen atoms in total. The Hall–Kier alpha value is -1.69. The average molecular weight is 320 g/mol. The molecule has 0 atom stereocenters. The van der Waals surface area contributed by atoms with E-state index in [2.05, 4.69) is 25.3 Å². The van der Waals surface area contributed by atoms with E-state index < -0.39 is 0 Å². The number of carbonyl (C=O) groups excluding carboxylic acids is 1. The van der Waals surface area contributed by atoms with Gasteiger partial charge in [-0.25, -0.2) is 4.98 Å². The number of fused-ring (bicyclic) bond motifs is 1. The predicted molar refractivity (Wildman–Crippen MR) is 83.6 cm³/mol. The molecule has 0 radical (unpaired) electrons. The monoisotopic (exact) mass is 319 g/mol. The highest BCUT2D eigenvalue weighted by molar-refractivity contribution is 6.28. The summed E-state index contributed by atoms with van der Waals surface area (Å²) in [5, 5.41) is 2.98. The Balaban J connectivity index is 1.47. The van der Waals surface area contributed by atoms with E-state index in [-0.39, 0.29) is 17.1 Å². The summed E-state index contributed by atoms with van der Waals surface area (Å²) < 4.78 is 0. The van der Waals surface area contributed by atoms with Crippen molar-refractivity contribution in [1.29, 1.82) is 0 Å². The molecule has 2 aromatic rings. The topological polar surface area (TPSA) is 83.6 Å². The smallest absolute Gasteiger partial charge is 0.228 e. The zero-order valence-corrected chi connectivity index (χ0v) is 13.0. The number of carbonyl (C=O) groups is 1. The molecule has 2 saturated carbocycles. The fraction of sp³-hybridized carbons (Fsp3) is 0.600. The minimum Gasteiger partial charge on any atom is -0.340 e. The second kappa shape index (κ2) is 5.19. The van der Waals surface area contributed by atoms with Crippen LogP contribution < -0.4 is 5.32 Å². The molecule has 22 heavy (non-hydrogen) atoms. The quantitative estimate of drug-likeness (QED) is 0.832. The number of H-pyrrole nitrogens is 1. The summed E-state index contributed by atoms with van der Waals surface area (Å²) in [6, 6.07) is 0. The van der Waals surface area contributed by atoms with Crippen LogP contribution in [0.2, 0.25) is 5.28 Å². The Kier molecular flexibility index (Phi) is 3.29. The molecule has 2 fully saturated rings. The van der Waals surface area contributed by atoms with Gasteiger partial charge in [0.1, 0.15) is 5.52 Å². The first-order valence-electron chi connectivity index (χ1n) is 7.83. The van der Waals surface area contributed by atoms with Gasteiger partial charge in [0.25, 0.3) is 0 Å². The van der Waals surface area contributed by atoms with Crippen molar-refractivity contribution >= 4 is 34.5 Å². The molecule has 4 rings (SSSR count). The van der Waals surface area contributed by atoms with Gasteiger partial charge in [-0.05, 0) is 42.7 Å². The van der Waals surface area contributed by atoms with Gasteiger partial charge in [-0.3, -0.25) is 4.79 Å². The van der Waals surface area contributed by atoms with E-state index in [1.165, 1.54) is 38.4 Å². The lowest BCUT2D eigenvalue weighted by atomic mass is 9.55. The lowest BCUT2D eigenvalue weighted by molar-refractivity contribution is -0.128. The van der Waals surface area contributed by atoms with E-state index in [4.69, 9.17) is 11.6 Å². The third kappa shape index (κ3) is 2.35. The standard InChI is InChI=1S/C15H18ClN5O/c16-14-20-11-10(17-8-18-11)12(21-14)19-13(22)9-6-15(7-9)4-2-1-3-5-15/h8-9H,1-7H2,(H2,17,18,19,20,21,22). The van der Waals surface area contributed by atoms with E-state index in [1.54, 1.807) is 0 Å². The number of aromatic amines is 1. The molecule has 2 N–H and O–H groups in total. The van der Waals surface area contributed by atoms with Crippen molar-refractivity contribution in [2.24, 2.45) is 11.3 Å². The van der Waals surface area contributed by atoms with E-state index in [0.29, 0.717) is 22.4 Å². The maximum Gasteiger partial charge on any atom is 0.228 e. The van der Waals surface area contributed by atoms with Crippen molar-refractivity contribution < 1.29 is 4.79 Å². The molecule has 1 amide bonds. The predicted octanol–water partition coefficient (Wildman–Crippen LogP) is 3.31. The average Bonchev–Trinajstić information content (AvgIpc) is 2.93. The number of hydrogen-bond donors (Lipinski definition) is 2. The van der Waals surface area contributed by atoms with Crippen LogP contribution in [0, 0.1) is 11.3 Å². The zero-order chi connectivity index (χ0) is 15.2. The first-order valence-corrected chi connectivity index (χ1v) is 8.21. The Morgan fingerprint density at radius 1 is 1.27 bits per heavy atom. The van der Waals surface area contributed by atoms with E-state index in [9.17, 15) is 4.79 Å². The number of halogens is 1. The van der Waals surface area contributed by atoms with Gasteiger partial charge in [0.15, 0.2) is 11.5 Å². The summed E-state index contributed by atoms with van der Waals surface area (Å²) >= 11 is 5.88. The van der Waals surface area contributed by atoms with E-state index >= 15 is 0 Å². The van der Waals surface area contributed by atoms with Crippen LogP contribution in [0.1, 0.15) is 44.9 Å². The van der Waals surface area contributed by atoms with Gasteiger partial charge in [-0.1, -0.05) is 19.3 Å². The molecule has 116 valence electrons. The maximum atomic E-state index is 12.4. The molecule has 2 heterocycles. The number of hydrogen-bond acceptors (Lipinski definition) is 4. The zero-order valence-electron chi connectivity index (χ0n) is 12.2. The van der Waals surface area contributed by atoms with Gasteiger partial charge in [0.05, 0.1) is 6.33 Å². The summed E-state index contributed by atoms with van der Waals surface area (Å²) in [6.45, 7) is 0. The van der Waals surface area contributed by atoms with E-state index in [1.807, 2.05) is 0 Å². The fourth-order valence-corrected chi connectivity index (χ4v) is 4.16. The van der Waals surface area contributed by atoms with Crippen LogP contribution in [0.3, 0.4) is 0 Å². The minimum absolute atomic E-state index is 0.0295. The van der Waals surface area contributed by atoms with Crippen molar-refractivity contribution in [3.05, 3.63) is 11.6 Å². The number of nitrogens with one attached hydrogen (secondary N) is 2. The van der Waals surface area contributed by atoms with Gasteiger partial charge < -0.3 is 10.3 Å². The molecule has 1 spiro atoms. The molecule has 0 saturated heterocycles. The molecule has 0 aliphatic heterocycles. The summed E-state index contributed by atoms with van der Waals surface area (Å²) in [5.74, 6) is 0.536. The van der Waals surface area contributed by atoms with Crippen LogP contribution in [0.15, 0.2) is 6.33 Å². The summed E-state index contributed by atoms with van der Waals surface area (Å²) in [6.07, 6.45) is 10.0. The van der Waals surface area contributed by atoms with Crippen LogP contribution >= 0.6 is 11.6 Å². The van der Waals surface area contributed by atoms with Crippen molar-refractivity contribution in [1.82, 2.24) is 19.9 Å². The summed E-state index contributed by atoms with van der Waals surface area (Å²) in [5.41, 5.74) is 1.52. The van der Waals surface area contributed by atoms with E-state index in [0.717, 1.165) is 12.8 Å². The Morgan fingerprint density at radius 3 is 2.82 bits per heavy atom. The highest BCUT2D eigenvalue weighted by Gasteiger charge is 2.47. The molecule has 2 aliphatic carbocycles. The van der Waals surface area contributed by atoms with Gasteiger partial charge in [0, 0.05) is 5.92 Å².